The molecule has 96 valence electrons. The second-order valence-electron chi connectivity index (χ2n) is 5.10. The smallest absolute Gasteiger partial charge is 0.224 e. The molecule has 2 unspecified atom stereocenters. The van der Waals surface area contributed by atoms with Gasteiger partial charge >= 0.3 is 0 Å². The van der Waals surface area contributed by atoms with E-state index in [1.165, 1.54) is 11.1 Å². The molecular formula is C14H18N2O2. The van der Waals surface area contributed by atoms with Gasteiger partial charge in [-0.3, -0.25) is 4.79 Å². The number of hydrogen-bond donors (Lipinski definition) is 2. The van der Waals surface area contributed by atoms with Gasteiger partial charge in [0.25, 0.3) is 0 Å². The van der Waals surface area contributed by atoms with Gasteiger partial charge in [0.2, 0.25) is 5.91 Å². The van der Waals surface area contributed by atoms with Crippen LogP contribution in [0, 0.1) is 0 Å². The van der Waals surface area contributed by atoms with E-state index < -0.39 is 0 Å². The normalized spacial score (nSPS) is 27.5. The van der Waals surface area contributed by atoms with Gasteiger partial charge in [-0.25, -0.2) is 0 Å². The number of benzene rings is 1. The van der Waals surface area contributed by atoms with Gasteiger partial charge < -0.3 is 15.4 Å². The number of aryl methyl sites for hydroxylation is 1. The molecule has 1 saturated heterocycles. The van der Waals surface area contributed by atoms with E-state index in [-0.39, 0.29) is 12.0 Å². The van der Waals surface area contributed by atoms with Crippen LogP contribution < -0.4 is 10.6 Å². The van der Waals surface area contributed by atoms with Crippen molar-refractivity contribution in [3.8, 4) is 0 Å². The van der Waals surface area contributed by atoms with Crippen LogP contribution in [0.1, 0.15) is 30.6 Å². The summed E-state index contributed by atoms with van der Waals surface area (Å²) >= 11 is 0. The van der Waals surface area contributed by atoms with E-state index in [9.17, 15) is 4.79 Å². The number of nitrogens with one attached hydrogen (secondary N) is 2. The standard InChI is InChI=1S/C14H18N2O2/c1-9-8-18-13(7-15-9)11-2-4-12-10(6-11)3-5-14(17)16-12/h2,4,6,9,13,15H,3,5,7-8H2,1H3,(H,16,17). The minimum atomic E-state index is 0.111. The second-order valence-corrected chi connectivity index (χ2v) is 5.10. The fourth-order valence-corrected chi connectivity index (χ4v) is 2.50. The Bertz CT molecular complexity index is 465. The highest BCUT2D eigenvalue weighted by Crippen LogP contribution is 2.28. The summed E-state index contributed by atoms with van der Waals surface area (Å²) in [6.45, 7) is 3.73. The Morgan fingerprint density at radius 3 is 3.00 bits per heavy atom. The summed E-state index contributed by atoms with van der Waals surface area (Å²) in [5.74, 6) is 0.111. The molecule has 4 heteroatoms. The number of morpholine rings is 1. The number of carbonyl (C=O) groups is 1. The van der Waals surface area contributed by atoms with Crippen LogP contribution in [-0.4, -0.2) is 25.1 Å². The second kappa shape index (κ2) is 4.71. The topological polar surface area (TPSA) is 50.4 Å². The lowest BCUT2D eigenvalue weighted by Crippen LogP contribution is -2.40. The molecule has 1 fully saturated rings. The number of amides is 1. The summed E-state index contributed by atoms with van der Waals surface area (Å²) in [4.78, 5) is 11.3. The average Bonchev–Trinajstić information content (AvgIpc) is 2.39. The van der Waals surface area contributed by atoms with Crippen molar-refractivity contribution in [2.24, 2.45) is 0 Å². The molecule has 4 nitrogen and oxygen atoms in total. The van der Waals surface area contributed by atoms with E-state index in [1.54, 1.807) is 0 Å². The fourth-order valence-electron chi connectivity index (χ4n) is 2.50. The SMILES string of the molecule is CC1COC(c2ccc3c(c2)CCC(=O)N3)CN1. The quantitative estimate of drug-likeness (QED) is 0.791. The van der Waals surface area contributed by atoms with Crippen LogP contribution in [0.15, 0.2) is 18.2 Å². The highest BCUT2D eigenvalue weighted by molar-refractivity contribution is 5.93. The molecule has 2 N–H and O–H groups in total. The van der Waals surface area contributed by atoms with Crippen LogP contribution in [0.25, 0.3) is 0 Å². The Morgan fingerprint density at radius 1 is 1.33 bits per heavy atom. The lowest BCUT2D eigenvalue weighted by molar-refractivity contribution is -0.116. The first-order chi connectivity index (χ1) is 8.72. The Hall–Kier alpha value is -1.39. The minimum Gasteiger partial charge on any atom is -0.371 e. The van der Waals surface area contributed by atoms with Crippen molar-refractivity contribution in [3.63, 3.8) is 0 Å². The maximum atomic E-state index is 11.3. The number of rotatable bonds is 1. The maximum absolute atomic E-state index is 11.3. The van der Waals surface area contributed by atoms with E-state index in [1.807, 2.05) is 12.1 Å². The van der Waals surface area contributed by atoms with Gasteiger partial charge in [-0.15, -0.1) is 0 Å². The molecule has 2 aliphatic rings. The van der Waals surface area contributed by atoms with Gasteiger partial charge in [0, 0.05) is 24.7 Å². The van der Waals surface area contributed by atoms with Gasteiger partial charge in [0.1, 0.15) is 0 Å². The first kappa shape index (κ1) is 11.7. The van der Waals surface area contributed by atoms with Crippen LogP contribution in [-0.2, 0) is 16.0 Å². The molecular weight excluding hydrogens is 228 g/mol. The van der Waals surface area contributed by atoms with Crippen molar-refractivity contribution in [2.45, 2.75) is 31.9 Å². The molecule has 0 aromatic heterocycles. The van der Waals surface area contributed by atoms with E-state index in [2.05, 4.69) is 23.6 Å². The molecule has 0 spiro atoms. The Kier molecular flexibility index (Phi) is 3.06. The third-order valence-corrected chi connectivity index (χ3v) is 3.60. The zero-order valence-corrected chi connectivity index (χ0v) is 10.5. The molecule has 18 heavy (non-hydrogen) atoms. The van der Waals surface area contributed by atoms with Gasteiger partial charge in [0.05, 0.1) is 12.7 Å². The molecule has 3 rings (SSSR count). The largest absolute Gasteiger partial charge is 0.371 e. The zero-order valence-electron chi connectivity index (χ0n) is 10.5. The third kappa shape index (κ3) is 2.26. The molecule has 1 aromatic rings. The summed E-state index contributed by atoms with van der Waals surface area (Å²) in [7, 11) is 0. The lowest BCUT2D eigenvalue weighted by Gasteiger charge is -2.29. The van der Waals surface area contributed by atoms with E-state index in [4.69, 9.17) is 4.74 Å². The number of ether oxygens (including phenoxy) is 1. The van der Waals surface area contributed by atoms with Crippen LogP contribution in [0.5, 0.6) is 0 Å². The molecule has 0 bridgehead atoms. The van der Waals surface area contributed by atoms with Gasteiger partial charge in [0.15, 0.2) is 0 Å². The molecule has 1 aromatic carbocycles. The summed E-state index contributed by atoms with van der Waals surface area (Å²) in [5.41, 5.74) is 3.37. The molecule has 0 saturated carbocycles. The Balaban J connectivity index is 1.80. The summed E-state index contributed by atoms with van der Waals surface area (Å²) in [6, 6.07) is 6.63. The van der Waals surface area contributed by atoms with Crippen LogP contribution in [0.2, 0.25) is 0 Å². The van der Waals surface area contributed by atoms with E-state index >= 15 is 0 Å². The number of carbonyl (C=O) groups excluding carboxylic acids is 1. The van der Waals surface area contributed by atoms with Crippen LogP contribution in [0.4, 0.5) is 5.69 Å². The van der Waals surface area contributed by atoms with Crippen molar-refractivity contribution < 1.29 is 9.53 Å². The van der Waals surface area contributed by atoms with Gasteiger partial charge in [-0.05, 0) is 30.5 Å². The van der Waals surface area contributed by atoms with Crippen molar-refractivity contribution in [3.05, 3.63) is 29.3 Å². The number of hydrogen-bond acceptors (Lipinski definition) is 3. The average molecular weight is 246 g/mol. The van der Waals surface area contributed by atoms with E-state index in [0.29, 0.717) is 12.5 Å². The third-order valence-electron chi connectivity index (χ3n) is 3.60. The summed E-state index contributed by atoms with van der Waals surface area (Å²) < 4.78 is 5.84. The van der Waals surface area contributed by atoms with Crippen molar-refractivity contribution in [1.29, 1.82) is 0 Å². The van der Waals surface area contributed by atoms with E-state index in [0.717, 1.165) is 25.3 Å². The van der Waals surface area contributed by atoms with Crippen LogP contribution in [0.3, 0.4) is 0 Å². The maximum Gasteiger partial charge on any atom is 0.224 e. The molecule has 2 heterocycles. The molecule has 2 aliphatic heterocycles. The molecule has 0 radical (unpaired) electrons. The minimum absolute atomic E-state index is 0.111. The van der Waals surface area contributed by atoms with Gasteiger partial charge in [-0.1, -0.05) is 12.1 Å². The van der Waals surface area contributed by atoms with Crippen molar-refractivity contribution in [1.82, 2.24) is 5.32 Å². The summed E-state index contributed by atoms with van der Waals surface area (Å²) in [6.07, 6.45) is 1.53. The first-order valence-electron chi connectivity index (χ1n) is 6.50. The van der Waals surface area contributed by atoms with Gasteiger partial charge in [-0.2, -0.15) is 0 Å². The predicted molar refractivity (Wildman–Crippen MR) is 69.6 cm³/mol. The first-order valence-corrected chi connectivity index (χ1v) is 6.50. The highest BCUT2D eigenvalue weighted by Gasteiger charge is 2.22. The molecule has 0 aliphatic carbocycles. The van der Waals surface area contributed by atoms with Crippen LogP contribution >= 0.6 is 0 Å². The number of fused-ring (bicyclic) bond motifs is 1. The Labute approximate surface area is 107 Å². The van der Waals surface area contributed by atoms with Crippen molar-refractivity contribution in [2.75, 3.05) is 18.5 Å². The number of anilines is 1. The lowest BCUT2D eigenvalue weighted by atomic mass is 9.97. The molecule has 2 atom stereocenters. The summed E-state index contributed by atoms with van der Waals surface area (Å²) in [5, 5.41) is 6.32. The highest BCUT2D eigenvalue weighted by atomic mass is 16.5. The monoisotopic (exact) mass is 246 g/mol. The fraction of sp³-hybridized carbons (Fsp3) is 0.500. The molecule has 1 amide bonds. The Morgan fingerprint density at radius 2 is 2.22 bits per heavy atom. The zero-order chi connectivity index (χ0) is 12.5. The van der Waals surface area contributed by atoms with Crippen molar-refractivity contribution >= 4 is 11.6 Å². The predicted octanol–water partition coefficient (Wildman–Crippen LogP) is 1.62.